The first-order valence-corrected chi connectivity index (χ1v) is 6.15. The minimum Gasteiger partial charge on any atom is -0.339 e. The Bertz CT molecular complexity index is 452. The van der Waals surface area contributed by atoms with Gasteiger partial charge < -0.3 is 10.6 Å². The zero-order valence-corrected chi connectivity index (χ0v) is 10.8. The van der Waals surface area contributed by atoms with Crippen molar-refractivity contribution < 1.29 is 18.0 Å². The Labute approximate surface area is 110 Å². The van der Waals surface area contributed by atoms with Gasteiger partial charge in [0.05, 0.1) is 5.56 Å². The monoisotopic (exact) mass is 274 g/mol. The van der Waals surface area contributed by atoms with Crippen LogP contribution in [0.25, 0.3) is 0 Å². The van der Waals surface area contributed by atoms with Crippen molar-refractivity contribution in [1.29, 1.82) is 0 Å². The summed E-state index contributed by atoms with van der Waals surface area (Å²) in [6.45, 7) is 3.04. The summed E-state index contributed by atoms with van der Waals surface area (Å²) in [5.41, 5.74) is 4.91. The highest BCUT2D eigenvalue weighted by atomic mass is 19.2. The van der Waals surface area contributed by atoms with Gasteiger partial charge in [-0.2, -0.15) is 0 Å². The zero-order valence-electron chi connectivity index (χ0n) is 10.8. The molecule has 0 fully saturated rings. The summed E-state index contributed by atoms with van der Waals surface area (Å²) in [6, 6.07) is 1.71. The van der Waals surface area contributed by atoms with Crippen molar-refractivity contribution in [3.05, 3.63) is 35.1 Å². The van der Waals surface area contributed by atoms with Gasteiger partial charge in [0.15, 0.2) is 17.5 Å². The molecular formula is C13H17F3N2O. The predicted molar refractivity (Wildman–Crippen MR) is 66.2 cm³/mol. The Morgan fingerprint density at radius 3 is 2.47 bits per heavy atom. The summed E-state index contributed by atoms with van der Waals surface area (Å²) >= 11 is 0. The number of nitrogens with zero attached hydrogens (tertiary/aromatic N) is 1. The highest BCUT2D eigenvalue weighted by Crippen LogP contribution is 2.17. The molecule has 0 atom stereocenters. The van der Waals surface area contributed by atoms with Crippen LogP contribution in [0.4, 0.5) is 13.2 Å². The summed E-state index contributed by atoms with van der Waals surface area (Å²) in [4.78, 5) is 13.5. The van der Waals surface area contributed by atoms with Crippen LogP contribution in [0.1, 0.15) is 30.1 Å². The second-order valence-corrected chi connectivity index (χ2v) is 4.16. The van der Waals surface area contributed by atoms with Gasteiger partial charge in [-0.05, 0) is 31.5 Å². The van der Waals surface area contributed by atoms with Gasteiger partial charge in [-0.15, -0.1) is 0 Å². The minimum absolute atomic E-state index is 0.363. The summed E-state index contributed by atoms with van der Waals surface area (Å²) in [5.74, 6) is -5.02. The van der Waals surface area contributed by atoms with Crippen LogP contribution in [0.15, 0.2) is 12.1 Å². The molecule has 0 unspecified atom stereocenters. The van der Waals surface area contributed by atoms with Crippen LogP contribution in [0.5, 0.6) is 0 Å². The van der Waals surface area contributed by atoms with Gasteiger partial charge in [0.25, 0.3) is 5.91 Å². The number of carbonyl (C=O) groups is 1. The lowest BCUT2D eigenvalue weighted by Gasteiger charge is -2.22. The number of halogens is 3. The maximum Gasteiger partial charge on any atom is 0.256 e. The summed E-state index contributed by atoms with van der Waals surface area (Å²) in [5, 5.41) is 0. The quantitative estimate of drug-likeness (QED) is 0.809. The Hall–Kier alpha value is -1.56. The normalized spacial score (nSPS) is 10.6. The summed E-state index contributed by atoms with van der Waals surface area (Å²) in [7, 11) is 0. The lowest BCUT2D eigenvalue weighted by atomic mass is 10.1. The van der Waals surface area contributed by atoms with Crippen LogP contribution in [0, 0.1) is 17.5 Å². The highest BCUT2D eigenvalue weighted by molar-refractivity contribution is 5.94. The fourth-order valence-electron chi connectivity index (χ4n) is 1.73. The van der Waals surface area contributed by atoms with Crippen molar-refractivity contribution >= 4 is 5.91 Å². The molecule has 0 radical (unpaired) electrons. The van der Waals surface area contributed by atoms with E-state index in [2.05, 4.69) is 0 Å². The number of amides is 1. The van der Waals surface area contributed by atoms with E-state index in [9.17, 15) is 18.0 Å². The number of rotatable bonds is 6. The first-order chi connectivity index (χ1) is 9.02. The van der Waals surface area contributed by atoms with Gasteiger partial charge in [-0.3, -0.25) is 4.79 Å². The largest absolute Gasteiger partial charge is 0.339 e. The number of nitrogens with two attached hydrogens (primary N) is 1. The number of carbonyl (C=O) groups excluding carboxylic acids is 1. The van der Waals surface area contributed by atoms with Crippen molar-refractivity contribution in [3.8, 4) is 0 Å². The number of hydrogen-bond acceptors (Lipinski definition) is 2. The van der Waals surface area contributed by atoms with Crippen LogP contribution in [0.2, 0.25) is 0 Å². The smallest absolute Gasteiger partial charge is 0.256 e. The van der Waals surface area contributed by atoms with E-state index in [4.69, 9.17) is 5.73 Å². The average Bonchev–Trinajstić information content (AvgIpc) is 2.40. The van der Waals surface area contributed by atoms with E-state index in [1.165, 1.54) is 4.90 Å². The maximum absolute atomic E-state index is 13.5. The van der Waals surface area contributed by atoms with Crippen molar-refractivity contribution in [2.24, 2.45) is 5.73 Å². The molecule has 0 aliphatic rings. The fourth-order valence-corrected chi connectivity index (χ4v) is 1.73. The fraction of sp³-hybridized carbons (Fsp3) is 0.462. The van der Waals surface area contributed by atoms with Gasteiger partial charge in [-0.25, -0.2) is 13.2 Å². The van der Waals surface area contributed by atoms with E-state index < -0.39 is 28.9 Å². The molecule has 6 heteroatoms. The molecule has 2 N–H and O–H groups in total. The van der Waals surface area contributed by atoms with Crippen LogP contribution >= 0.6 is 0 Å². The standard InChI is InChI=1S/C13H17F3N2O/c1-2-7-18(8-3-6-17)13(19)9-4-5-10(14)12(16)11(9)15/h4-5H,2-3,6-8,17H2,1H3. The van der Waals surface area contributed by atoms with E-state index in [0.29, 0.717) is 32.5 Å². The first-order valence-electron chi connectivity index (χ1n) is 6.15. The molecule has 3 nitrogen and oxygen atoms in total. The Morgan fingerprint density at radius 1 is 1.21 bits per heavy atom. The second kappa shape index (κ2) is 7.13. The van der Waals surface area contributed by atoms with Crippen LogP contribution in [0.3, 0.4) is 0 Å². The van der Waals surface area contributed by atoms with E-state index in [0.717, 1.165) is 12.1 Å². The van der Waals surface area contributed by atoms with Gasteiger partial charge in [0.2, 0.25) is 0 Å². The third-order valence-corrected chi connectivity index (χ3v) is 2.68. The van der Waals surface area contributed by atoms with Crippen LogP contribution in [-0.2, 0) is 0 Å². The molecule has 0 heterocycles. The summed E-state index contributed by atoms with van der Waals surface area (Å²) < 4.78 is 39.5. The molecule has 0 spiro atoms. The van der Waals surface area contributed by atoms with Crippen molar-refractivity contribution in [3.63, 3.8) is 0 Å². The summed E-state index contributed by atoms with van der Waals surface area (Å²) in [6.07, 6.45) is 1.25. The van der Waals surface area contributed by atoms with E-state index in [1.807, 2.05) is 6.92 Å². The molecule has 0 saturated heterocycles. The molecule has 19 heavy (non-hydrogen) atoms. The van der Waals surface area contributed by atoms with Crippen molar-refractivity contribution in [2.45, 2.75) is 19.8 Å². The Kier molecular flexibility index (Phi) is 5.82. The van der Waals surface area contributed by atoms with Crippen molar-refractivity contribution in [2.75, 3.05) is 19.6 Å². The van der Waals surface area contributed by atoms with E-state index in [1.54, 1.807) is 0 Å². The Morgan fingerprint density at radius 2 is 1.89 bits per heavy atom. The first kappa shape index (κ1) is 15.5. The number of hydrogen-bond donors (Lipinski definition) is 1. The topological polar surface area (TPSA) is 46.3 Å². The molecule has 1 amide bonds. The van der Waals surface area contributed by atoms with E-state index >= 15 is 0 Å². The molecule has 0 aliphatic carbocycles. The molecule has 1 aromatic carbocycles. The molecule has 0 aliphatic heterocycles. The molecular weight excluding hydrogens is 257 g/mol. The predicted octanol–water partition coefficient (Wildman–Crippen LogP) is 2.30. The van der Waals surface area contributed by atoms with Gasteiger partial charge in [0.1, 0.15) is 0 Å². The van der Waals surface area contributed by atoms with E-state index in [-0.39, 0.29) is 0 Å². The van der Waals surface area contributed by atoms with Crippen LogP contribution < -0.4 is 5.73 Å². The molecule has 0 saturated carbocycles. The third kappa shape index (κ3) is 3.70. The number of benzene rings is 1. The third-order valence-electron chi connectivity index (χ3n) is 2.68. The van der Waals surface area contributed by atoms with Crippen LogP contribution in [-0.4, -0.2) is 30.4 Å². The van der Waals surface area contributed by atoms with Gasteiger partial charge in [-0.1, -0.05) is 6.92 Å². The average molecular weight is 274 g/mol. The maximum atomic E-state index is 13.5. The molecule has 0 aromatic heterocycles. The lowest BCUT2D eigenvalue weighted by molar-refractivity contribution is 0.0748. The van der Waals surface area contributed by atoms with Gasteiger partial charge in [0, 0.05) is 13.1 Å². The Balaban J connectivity index is 2.99. The SMILES string of the molecule is CCCN(CCCN)C(=O)c1ccc(F)c(F)c1F. The second-order valence-electron chi connectivity index (χ2n) is 4.16. The van der Waals surface area contributed by atoms with Crippen molar-refractivity contribution in [1.82, 2.24) is 4.90 Å². The van der Waals surface area contributed by atoms with Gasteiger partial charge >= 0.3 is 0 Å². The minimum atomic E-state index is -1.62. The molecule has 106 valence electrons. The molecule has 1 rings (SSSR count). The molecule has 0 bridgehead atoms. The molecule has 1 aromatic rings. The highest BCUT2D eigenvalue weighted by Gasteiger charge is 2.22. The lowest BCUT2D eigenvalue weighted by Crippen LogP contribution is -2.34. The zero-order chi connectivity index (χ0) is 14.4.